The number of carbonyl (C=O) groups is 1. The quantitative estimate of drug-likeness (QED) is 0.102. The van der Waals surface area contributed by atoms with Crippen molar-refractivity contribution in [2.45, 2.75) is 69.6 Å². The molecule has 5 aromatic rings. The first-order valence-corrected chi connectivity index (χ1v) is 17.4. The Hall–Kier alpha value is -4.75. The van der Waals surface area contributed by atoms with Gasteiger partial charge in [0, 0.05) is 13.5 Å². The van der Waals surface area contributed by atoms with Crippen LogP contribution in [0.2, 0.25) is 0 Å². The highest BCUT2D eigenvalue weighted by Gasteiger charge is 2.48. The molecular formula is C41H45N3O8. The third-order valence-corrected chi connectivity index (χ3v) is 8.83. The lowest BCUT2D eigenvalue weighted by Gasteiger charge is -2.45. The molecule has 272 valence electrons. The highest BCUT2D eigenvalue weighted by atomic mass is 16.7. The first-order chi connectivity index (χ1) is 25.6. The summed E-state index contributed by atoms with van der Waals surface area (Å²) in [5, 5.41) is 8.53. The number of aromatic nitrogens is 3. The van der Waals surface area contributed by atoms with Crippen molar-refractivity contribution >= 4 is 5.97 Å². The van der Waals surface area contributed by atoms with Crippen molar-refractivity contribution in [3.63, 3.8) is 0 Å². The lowest BCUT2D eigenvalue weighted by Crippen LogP contribution is -2.61. The van der Waals surface area contributed by atoms with Gasteiger partial charge in [-0.15, -0.1) is 5.10 Å². The van der Waals surface area contributed by atoms with Gasteiger partial charge in [-0.25, -0.2) is 9.48 Å². The van der Waals surface area contributed by atoms with Crippen molar-refractivity contribution < 1.29 is 38.0 Å². The average Bonchev–Trinajstić information content (AvgIpc) is 3.67. The first-order valence-electron chi connectivity index (χ1n) is 17.4. The molecule has 0 radical (unpaired) electrons. The van der Waals surface area contributed by atoms with Crippen LogP contribution in [0, 0.1) is 0 Å². The van der Waals surface area contributed by atoms with Crippen LogP contribution in [0.5, 0.6) is 0 Å². The molecule has 0 bridgehead atoms. The van der Waals surface area contributed by atoms with Gasteiger partial charge in [0.15, 0.2) is 12.3 Å². The predicted octanol–water partition coefficient (Wildman–Crippen LogP) is 5.88. The molecule has 11 heteroatoms. The van der Waals surface area contributed by atoms with Gasteiger partial charge in [-0.1, -0.05) is 127 Å². The number of ether oxygens (including phenoxy) is 7. The molecule has 0 N–H and O–H groups in total. The Morgan fingerprint density at radius 1 is 0.673 bits per heavy atom. The Labute approximate surface area is 304 Å². The molecule has 4 aromatic carbocycles. The second kappa shape index (κ2) is 19.2. The number of hydrogen-bond acceptors (Lipinski definition) is 10. The van der Waals surface area contributed by atoms with Crippen LogP contribution >= 0.6 is 0 Å². The van der Waals surface area contributed by atoms with Gasteiger partial charge in [0.1, 0.15) is 30.1 Å². The number of esters is 1. The molecule has 1 saturated heterocycles. The summed E-state index contributed by atoms with van der Waals surface area (Å²) in [6.07, 6.45) is -1.06. The van der Waals surface area contributed by atoms with Gasteiger partial charge in [0.05, 0.1) is 46.3 Å². The molecule has 0 unspecified atom stereocenters. The number of nitrogens with zero attached hydrogens (tertiary/aromatic N) is 3. The van der Waals surface area contributed by atoms with Gasteiger partial charge in [-0.3, -0.25) is 0 Å². The van der Waals surface area contributed by atoms with E-state index in [0.717, 1.165) is 22.3 Å². The van der Waals surface area contributed by atoms with Crippen molar-refractivity contribution in [3.05, 3.63) is 155 Å². The Morgan fingerprint density at radius 3 is 1.69 bits per heavy atom. The predicted molar refractivity (Wildman–Crippen MR) is 192 cm³/mol. The Balaban J connectivity index is 1.20. The maximum absolute atomic E-state index is 12.7. The maximum atomic E-state index is 12.7. The lowest BCUT2D eigenvalue weighted by molar-refractivity contribution is -0.323. The average molecular weight is 708 g/mol. The summed E-state index contributed by atoms with van der Waals surface area (Å²) in [4.78, 5) is 12.7. The minimum absolute atomic E-state index is 0.117. The van der Waals surface area contributed by atoms with Crippen LogP contribution < -0.4 is 0 Å². The van der Waals surface area contributed by atoms with E-state index in [4.69, 9.17) is 33.2 Å². The standard InChI is InChI=1S/C41H45N3O8/c1-46-40(45)35(23-30-15-7-3-8-16-30)44-24-34(42-43-44)28-48-29-36-37(49-25-31-17-9-4-10-18-31)38(50-26-32-19-11-5-12-20-32)39(41(47-2)52-36)51-27-33-21-13-6-14-22-33/h3-22,24,35-39,41H,23,25-29H2,1-2H3/t35-,36+,37+,38-,39+,41-/m0/s1. The minimum Gasteiger partial charge on any atom is -0.467 e. The molecule has 1 aromatic heterocycles. The molecule has 0 saturated carbocycles. The van der Waals surface area contributed by atoms with E-state index in [9.17, 15) is 4.79 Å². The zero-order valence-corrected chi connectivity index (χ0v) is 29.4. The summed E-state index contributed by atoms with van der Waals surface area (Å²) in [5.41, 5.74) is 4.55. The first kappa shape index (κ1) is 37.0. The Bertz CT molecular complexity index is 1760. The number of methoxy groups -OCH3 is 2. The van der Waals surface area contributed by atoms with Gasteiger partial charge < -0.3 is 33.2 Å². The maximum Gasteiger partial charge on any atom is 0.331 e. The SMILES string of the molecule is COC(=O)[C@H](Cc1ccccc1)n1cc(COC[C@H]2O[C@H](OC)[C@H](OCc3ccccc3)[C@@H](OCc3ccccc3)[C@@H]2OCc2ccccc2)nn1. The van der Waals surface area contributed by atoms with Gasteiger partial charge in [-0.05, 0) is 22.3 Å². The van der Waals surface area contributed by atoms with Crippen molar-refractivity contribution in [1.82, 2.24) is 15.0 Å². The summed E-state index contributed by atoms with van der Waals surface area (Å²) >= 11 is 0. The monoisotopic (exact) mass is 707 g/mol. The largest absolute Gasteiger partial charge is 0.467 e. The van der Waals surface area contributed by atoms with Crippen molar-refractivity contribution in [2.75, 3.05) is 20.8 Å². The summed E-state index contributed by atoms with van der Waals surface area (Å²) in [6, 6.07) is 38.9. The summed E-state index contributed by atoms with van der Waals surface area (Å²) in [7, 11) is 2.95. The molecule has 0 spiro atoms. The molecule has 1 aliphatic rings. The van der Waals surface area contributed by atoms with E-state index in [1.807, 2.05) is 121 Å². The van der Waals surface area contributed by atoms with E-state index in [1.54, 1.807) is 13.3 Å². The number of rotatable bonds is 18. The summed E-state index contributed by atoms with van der Waals surface area (Å²) < 4.78 is 45.1. The molecule has 2 heterocycles. The summed E-state index contributed by atoms with van der Waals surface area (Å²) in [6.45, 7) is 1.24. The van der Waals surface area contributed by atoms with Crippen molar-refractivity contribution in [1.29, 1.82) is 0 Å². The van der Waals surface area contributed by atoms with Crippen LogP contribution in [-0.2, 0) is 70.8 Å². The number of carbonyl (C=O) groups excluding carboxylic acids is 1. The van der Waals surface area contributed by atoms with E-state index in [0.29, 0.717) is 31.9 Å². The van der Waals surface area contributed by atoms with Crippen molar-refractivity contribution in [3.8, 4) is 0 Å². The molecule has 11 nitrogen and oxygen atoms in total. The zero-order valence-electron chi connectivity index (χ0n) is 29.4. The molecule has 1 aliphatic heterocycles. The van der Waals surface area contributed by atoms with E-state index in [1.165, 1.54) is 11.8 Å². The lowest BCUT2D eigenvalue weighted by atomic mass is 9.97. The number of benzene rings is 4. The molecule has 6 rings (SSSR count). The molecule has 0 amide bonds. The van der Waals surface area contributed by atoms with Crippen LogP contribution in [0.3, 0.4) is 0 Å². The second-order valence-corrected chi connectivity index (χ2v) is 12.5. The van der Waals surface area contributed by atoms with E-state index in [-0.39, 0.29) is 13.2 Å². The van der Waals surface area contributed by atoms with Crippen LogP contribution in [0.25, 0.3) is 0 Å². The highest BCUT2D eigenvalue weighted by molar-refractivity contribution is 5.74. The van der Waals surface area contributed by atoms with Gasteiger partial charge in [0.25, 0.3) is 0 Å². The van der Waals surface area contributed by atoms with Gasteiger partial charge in [-0.2, -0.15) is 0 Å². The van der Waals surface area contributed by atoms with Crippen molar-refractivity contribution in [2.24, 2.45) is 0 Å². The molecular weight excluding hydrogens is 662 g/mol. The van der Waals surface area contributed by atoms with E-state index < -0.39 is 42.7 Å². The molecule has 52 heavy (non-hydrogen) atoms. The van der Waals surface area contributed by atoms with Gasteiger partial charge in [0.2, 0.25) is 0 Å². The molecule has 0 aliphatic carbocycles. The zero-order chi connectivity index (χ0) is 36.0. The number of hydrogen-bond donors (Lipinski definition) is 0. The summed E-state index contributed by atoms with van der Waals surface area (Å²) in [5.74, 6) is -0.411. The van der Waals surface area contributed by atoms with E-state index >= 15 is 0 Å². The van der Waals surface area contributed by atoms with Gasteiger partial charge >= 0.3 is 5.97 Å². The van der Waals surface area contributed by atoms with Crippen LogP contribution in [0.1, 0.15) is 34.0 Å². The minimum atomic E-state index is -0.769. The Morgan fingerprint density at radius 2 is 1.17 bits per heavy atom. The molecule has 1 fully saturated rings. The third-order valence-electron chi connectivity index (χ3n) is 8.83. The fourth-order valence-corrected chi connectivity index (χ4v) is 6.14. The fraction of sp³-hybridized carbons (Fsp3) is 0.341. The topological polar surface area (TPSA) is 112 Å². The smallest absolute Gasteiger partial charge is 0.331 e. The normalized spacial score (nSPS) is 20.7. The Kier molecular flexibility index (Phi) is 13.7. The van der Waals surface area contributed by atoms with E-state index in [2.05, 4.69) is 10.3 Å². The third kappa shape index (κ3) is 10.2. The van der Waals surface area contributed by atoms with Crippen LogP contribution in [0.4, 0.5) is 0 Å². The fourth-order valence-electron chi connectivity index (χ4n) is 6.14. The second-order valence-electron chi connectivity index (χ2n) is 12.5. The van der Waals surface area contributed by atoms with Crippen LogP contribution in [-0.4, -0.2) is 72.5 Å². The van der Waals surface area contributed by atoms with Crippen LogP contribution in [0.15, 0.2) is 128 Å². The highest BCUT2D eigenvalue weighted by Crippen LogP contribution is 2.31. The molecule has 6 atom stereocenters.